The Morgan fingerprint density at radius 3 is 2.20 bits per heavy atom. The molecule has 0 bridgehead atoms. The molecule has 0 fully saturated rings. The molecule has 0 aliphatic carbocycles. The predicted octanol–water partition coefficient (Wildman–Crippen LogP) is 3.03. The first-order valence-electron chi connectivity index (χ1n) is 6.07. The number of nitrogen functional groups attached to an aromatic ring is 1. The molecule has 4 nitrogen and oxygen atoms in total. The average Bonchev–Trinajstić information content (AvgIpc) is 2.37. The second-order valence-corrected chi connectivity index (χ2v) is 4.67. The SMILES string of the molecule is Cc1cc(C)cc(N(C)c2nc(NN)c(F)cc2F)c1. The first-order chi connectivity index (χ1) is 9.42. The van der Waals surface area contributed by atoms with Crippen molar-refractivity contribution in [3.8, 4) is 0 Å². The quantitative estimate of drug-likeness (QED) is 0.669. The maximum Gasteiger partial charge on any atom is 0.178 e. The van der Waals surface area contributed by atoms with Crippen molar-refractivity contribution in [1.29, 1.82) is 0 Å². The molecular formula is C14H16F2N4. The van der Waals surface area contributed by atoms with E-state index in [9.17, 15) is 8.78 Å². The first kappa shape index (κ1) is 14.2. The van der Waals surface area contributed by atoms with Crippen molar-refractivity contribution < 1.29 is 8.78 Å². The molecule has 0 saturated carbocycles. The van der Waals surface area contributed by atoms with Gasteiger partial charge in [-0.2, -0.15) is 0 Å². The number of anilines is 3. The molecule has 106 valence electrons. The number of hydrazine groups is 1. The molecule has 0 aliphatic rings. The molecule has 0 spiro atoms. The van der Waals surface area contributed by atoms with Crippen LogP contribution in [-0.2, 0) is 0 Å². The van der Waals surface area contributed by atoms with Gasteiger partial charge in [-0.1, -0.05) is 6.07 Å². The summed E-state index contributed by atoms with van der Waals surface area (Å²) < 4.78 is 27.3. The Balaban J connectivity index is 2.49. The minimum Gasteiger partial charge on any atom is -0.327 e. The molecule has 2 rings (SSSR count). The number of hydrogen-bond donors (Lipinski definition) is 2. The summed E-state index contributed by atoms with van der Waals surface area (Å²) in [6.45, 7) is 3.90. The minimum absolute atomic E-state index is 0.00403. The van der Waals surface area contributed by atoms with E-state index in [-0.39, 0.29) is 11.6 Å². The molecule has 0 radical (unpaired) electrons. The van der Waals surface area contributed by atoms with Gasteiger partial charge in [0.25, 0.3) is 0 Å². The smallest absolute Gasteiger partial charge is 0.178 e. The standard InChI is InChI=1S/C14H16F2N4/c1-8-4-9(2)6-10(5-8)20(3)14-12(16)7-11(15)13(18-14)19-17/h4-7H,17H2,1-3H3,(H,18,19). The average molecular weight is 278 g/mol. The fourth-order valence-corrected chi connectivity index (χ4v) is 2.06. The number of aromatic nitrogens is 1. The monoisotopic (exact) mass is 278 g/mol. The number of nitrogens with zero attached hydrogens (tertiary/aromatic N) is 2. The zero-order valence-electron chi connectivity index (χ0n) is 11.5. The largest absolute Gasteiger partial charge is 0.327 e. The number of pyridine rings is 1. The van der Waals surface area contributed by atoms with E-state index in [2.05, 4.69) is 10.4 Å². The molecule has 1 heterocycles. The Bertz CT molecular complexity index is 623. The number of nitrogens with two attached hydrogens (primary N) is 1. The fourth-order valence-electron chi connectivity index (χ4n) is 2.06. The van der Waals surface area contributed by atoms with Crippen LogP contribution in [0.15, 0.2) is 24.3 Å². The second-order valence-electron chi connectivity index (χ2n) is 4.67. The molecule has 1 aromatic heterocycles. The molecule has 2 aromatic rings. The van der Waals surface area contributed by atoms with Gasteiger partial charge < -0.3 is 10.3 Å². The van der Waals surface area contributed by atoms with Crippen molar-refractivity contribution in [2.75, 3.05) is 17.4 Å². The Hall–Kier alpha value is -2.21. The minimum atomic E-state index is -0.831. The van der Waals surface area contributed by atoms with E-state index >= 15 is 0 Å². The third-order valence-corrected chi connectivity index (χ3v) is 2.96. The van der Waals surface area contributed by atoms with Gasteiger partial charge in [0.1, 0.15) is 0 Å². The molecule has 1 aromatic carbocycles. The first-order valence-corrected chi connectivity index (χ1v) is 6.07. The molecule has 0 unspecified atom stereocenters. The van der Waals surface area contributed by atoms with Gasteiger partial charge in [0, 0.05) is 18.8 Å². The predicted molar refractivity (Wildman–Crippen MR) is 75.9 cm³/mol. The van der Waals surface area contributed by atoms with Crippen LogP contribution in [0, 0.1) is 25.5 Å². The highest BCUT2D eigenvalue weighted by Gasteiger charge is 2.16. The van der Waals surface area contributed by atoms with Crippen molar-refractivity contribution in [1.82, 2.24) is 4.98 Å². The molecule has 0 saturated heterocycles. The van der Waals surface area contributed by atoms with Crippen LogP contribution < -0.4 is 16.2 Å². The summed E-state index contributed by atoms with van der Waals surface area (Å²) in [6, 6.07) is 6.56. The van der Waals surface area contributed by atoms with E-state index in [1.807, 2.05) is 32.0 Å². The zero-order valence-corrected chi connectivity index (χ0v) is 11.5. The Kier molecular flexibility index (Phi) is 3.85. The van der Waals surface area contributed by atoms with Gasteiger partial charge in [-0.25, -0.2) is 19.6 Å². The zero-order chi connectivity index (χ0) is 14.9. The molecule has 3 N–H and O–H groups in total. The fraction of sp³-hybridized carbons (Fsp3) is 0.214. The normalized spacial score (nSPS) is 10.5. The van der Waals surface area contributed by atoms with Crippen molar-refractivity contribution in [3.05, 3.63) is 47.0 Å². The van der Waals surface area contributed by atoms with Crippen LogP contribution in [0.25, 0.3) is 0 Å². The van der Waals surface area contributed by atoms with Gasteiger partial charge in [-0.15, -0.1) is 0 Å². The van der Waals surface area contributed by atoms with E-state index in [4.69, 9.17) is 5.84 Å². The molecule has 0 atom stereocenters. The highest BCUT2D eigenvalue weighted by atomic mass is 19.1. The van der Waals surface area contributed by atoms with E-state index < -0.39 is 11.6 Å². The molecule has 20 heavy (non-hydrogen) atoms. The number of hydrogen-bond acceptors (Lipinski definition) is 4. The highest BCUT2D eigenvalue weighted by molar-refractivity contribution is 5.63. The second kappa shape index (κ2) is 5.42. The lowest BCUT2D eigenvalue weighted by Crippen LogP contribution is -2.17. The maximum atomic E-state index is 13.9. The van der Waals surface area contributed by atoms with Gasteiger partial charge in [0.05, 0.1) is 0 Å². The summed E-state index contributed by atoms with van der Waals surface area (Å²) in [5.74, 6) is 3.39. The van der Waals surface area contributed by atoms with Crippen LogP contribution in [0.5, 0.6) is 0 Å². The van der Waals surface area contributed by atoms with E-state index in [0.717, 1.165) is 22.9 Å². The summed E-state index contributed by atoms with van der Waals surface area (Å²) >= 11 is 0. The van der Waals surface area contributed by atoms with Crippen LogP contribution in [0.3, 0.4) is 0 Å². The van der Waals surface area contributed by atoms with Gasteiger partial charge >= 0.3 is 0 Å². The summed E-state index contributed by atoms with van der Waals surface area (Å²) in [5, 5.41) is 0. The number of benzene rings is 1. The van der Waals surface area contributed by atoms with E-state index in [1.54, 1.807) is 11.9 Å². The topological polar surface area (TPSA) is 54.2 Å². The van der Waals surface area contributed by atoms with Gasteiger partial charge in [-0.3, -0.25) is 0 Å². The van der Waals surface area contributed by atoms with E-state index in [1.165, 1.54) is 0 Å². The number of aryl methyl sites for hydroxylation is 2. The van der Waals surface area contributed by atoms with Crippen molar-refractivity contribution in [2.45, 2.75) is 13.8 Å². The maximum absolute atomic E-state index is 13.9. The highest BCUT2D eigenvalue weighted by Crippen LogP contribution is 2.28. The van der Waals surface area contributed by atoms with Crippen molar-refractivity contribution >= 4 is 17.3 Å². The Morgan fingerprint density at radius 1 is 1.05 bits per heavy atom. The van der Waals surface area contributed by atoms with Crippen LogP contribution in [-0.4, -0.2) is 12.0 Å². The lowest BCUT2D eigenvalue weighted by atomic mass is 10.1. The van der Waals surface area contributed by atoms with Crippen molar-refractivity contribution in [2.24, 2.45) is 5.84 Å². The number of halogens is 2. The Morgan fingerprint density at radius 2 is 1.65 bits per heavy atom. The van der Waals surface area contributed by atoms with Gasteiger partial charge in [-0.05, 0) is 37.1 Å². The third kappa shape index (κ3) is 2.70. The van der Waals surface area contributed by atoms with Crippen LogP contribution >= 0.6 is 0 Å². The molecule has 0 amide bonds. The van der Waals surface area contributed by atoms with Crippen molar-refractivity contribution in [3.63, 3.8) is 0 Å². The lowest BCUT2D eigenvalue weighted by Gasteiger charge is -2.20. The lowest BCUT2D eigenvalue weighted by molar-refractivity contribution is 0.576. The van der Waals surface area contributed by atoms with Crippen LogP contribution in [0.1, 0.15) is 11.1 Å². The molecule has 0 aliphatic heterocycles. The third-order valence-electron chi connectivity index (χ3n) is 2.96. The summed E-state index contributed by atoms with van der Waals surface area (Å²) in [6.07, 6.45) is 0. The molecule has 6 heteroatoms. The summed E-state index contributed by atoms with van der Waals surface area (Å²) in [5.41, 5.74) is 4.98. The van der Waals surface area contributed by atoms with Gasteiger partial charge in [0.2, 0.25) is 0 Å². The Labute approximate surface area is 116 Å². The number of nitrogens with one attached hydrogen (secondary N) is 1. The summed E-state index contributed by atoms with van der Waals surface area (Å²) in [7, 11) is 1.66. The number of rotatable bonds is 3. The van der Waals surface area contributed by atoms with Crippen LogP contribution in [0.4, 0.5) is 26.1 Å². The molecular weight excluding hydrogens is 262 g/mol. The van der Waals surface area contributed by atoms with Crippen LogP contribution in [0.2, 0.25) is 0 Å². The van der Waals surface area contributed by atoms with Gasteiger partial charge in [0.15, 0.2) is 23.3 Å². The summed E-state index contributed by atoms with van der Waals surface area (Å²) in [4.78, 5) is 5.42. The van der Waals surface area contributed by atoms with E-state index in [0.29, 0.717) is 0 Å².